The highest BCUT2D eigenvalue weighted by Crippen LogP contribution is 2.11. The summed E-state index contributed by atoms with van der Waals surface area (Å²) in [5, 5.41) is 6.98. The SMILES string of the molecule is CN(C)c1ccc(CNCCCNC(C)(C)C)cc1. The second-order valence-corrected chi connectivity index (χ2v) is 6.27. The van der Waals surface area contributed by atoms with Crippen molar-refractivity contribution in [2.75, 3.05) is 32.1 Å². The zero-order valence-corrected chi connectivity index (χ0v) is 13.1. The highest BCUT2D eigenvalue weighted by molar-refractivity contribution is 5.45. The zero-order valence-electron chi connectivity index (χ0n) is 13.1. The number of hydrogen-bond acceptors (Lipinski definition) is 3. The van der Waals surface area contributed by atoms with Crippen LogP contribution in [0.25, 0.3) is 0 Å². The first-order valence-electron chi connectivity index (χ1n) is 7.10. The van der Waals surface area contributed by atoms with E-state index in [0.717, 1.165) is 26.1 Å². The van der Waals surface area contributed by atoms with E-state index < -0.39 is 0 Å². The van der Waals surface area contributed by atoms with E-state index >= 15 is 0 Å². The molecule has 0 amide bonds. The fourth-order valence-electron chi connectivity index (χ4n) is 1.82. The van der Waals surface area contributed by atoms with Crippen molar-refractivity contribution in [3.8, 4) is 0 Å². The van der Waals surface area contributed by atoms with Crippen molar-refractivity contribution in [2.24, 2.45) is 0 Å². The summed E-state index contributed by atoms with van der Waals surface area (Å²) in [6.45, 7) is 9.67. The van der Waals surface area contributed by atoms with Crippen LogP contribution in [0.2, 0.25) is 0 Å². The Hall–Kier alpha value is -1.06. The van der Waals surface area contributed by atoms with Crippen molar-refractivity contribution in [3.05, 3.63) is 29.8 Å². The van der Waals surface area contributed by atoms with Gasteiger partial charge in [0.05, 0.1) is 0 Å². The van der Waals surface area contributed by atoms with E-state index in [2.05, 4.69) is 74.7 Å². The topological polar surface area (TPSA) is 27.3 Å². The van der Waals surface area contributed by atoms with Crippen molar-refractivity contribution in [1.29, 1.82) is 0 Å². The summed E-state index contributed by atoms with van der Waals surface area (Å²) in [5.74, 6) is 0. The van der Waals surface area contributed by atoms with Crippen LogP contribution in [0.1, 0.15) is 32.8 Å². The molecule has 3 nitrogen and oxygen atoms in total. The number of anilines is 1. The zero-order chi connectivity index (χ0) is 14.3. The van der Waals surface area contributed by atoms with Gasteiger partial charge >= 0.3 is 0 Å². The van der Waals surface area contributed by atoms with Crippen molar-refractivity contribution in [1.82, 2.24) is 10.6 Å². The minimum atomic E-state index is 0.224. The number of rotatable bonds is 7. The summed E-state index contributed by atoms with van der Waals surface area (Å²) in [4.78, 5) is 2.12. The molecule has 0 aliphatic heterocycles. The predicted molar refractivity (Wildman–Crippen MR) is 84.8 cm³/mol. The lowest BCUT2D eigenvalue weighted by Gasteiger charge is -2.20. The summed E-state index contributed by atoms with van der Waals surface area (Å²) in [7, 11) is 4.13. The molecule has 0 spiro atoms. The van der Waals surface area contributed by atoms with E-state index in [4.69, 9.17) is 0 Å². The Kier molecular flexibility index (Phi) is 6.32. The maximum absolute atomic E-state index is 3.49. The van der Waals surface area contributed by atoms with Gasteiger partial charge in [0.25, 0.3) is 0 Å². The van der Waals surface area contributed by atoms with E-state index in [-0.39, 0.29) is 5.54 Å². The van der Waals surface area contributed by atoms with Crippen molar-refractivity contribution in [2.45, 2.75) is 39.3 Å². The molecule has 0 bridgehead atoms. The molecule has 0 aromatic heterocycles. The van der Waals surface area contributed by atoms with Crippen LogP contribution in [0.4, 0.5) is 5.69 Å². The second-order valence-electron chi connectivity index (χ2n) is 6.27. The van der Waals surface area contributed by atoms with Gasteiger partial charge in [-0.25, -0.2) is 0 Å². The minimum absolute atomic E-state index is 0.224. The van der Waals surface area contributed by atoms with Crippen LogP contribution in [0.15, 0.2) is 24.3 Å². The van der Waals surface area contributed by atoms with Gasteiger partial charge in [-0.3, -0.25) is 0 Å². The van der Waals surface area contributed by atoms with E-state index in [1.807, 2.05) is 0 Å². The Morgan fingerprint density at radius 2 is 1.63 bits per heavy atom. The number of nitrogens with zero attached hydrogens (tertiary/aromatic N) is 1. The molecule has 0 fully saturated rings. The Morgan fingerprint density at radius 3 is 2.16 bits per heavy atom. The van der Waals surface area contributed by atoms with Gasteiger partial charge in [0.15, 0.2) is 0 Å². The first-order valence-corrected chi connectivity index (χ1v) is 7.10. The summed E-state index contributed by atoms with van der Waals surface area (Å²) in [6, 6.07) is 8.71. The molecule has 0 saturated carbocycles. The van der Waals surface area contributed by atoms with Crippen molar-refractivity contribution < 1.29 is 0 Å². The monoisotopic (exact) mass is 263 g/mol. The molecule has 0 unspecified atom stereocenters. The van der Waals surface area contributed by atoms with Gasteiger partial charge in [-0.15, -0.1) is 0 Å². The maximum atomic E-state index is 3.49. The highest BCUT2D eigenvalue weighted by atomic mass is 15.1. The first kappa shape index (κ1) is 16.0. The fraction of sp³-hybridized carbons (Fsp3) is 0.625. The fourth-order valence-corrected chi connectivity index (χ4v) is 1.82. The quantitative estimate of drug-likeness (QED) is 0.741. The van der Waals surface area contributed by atoms with Gasteiger partial charge in [-0.1, -0.05) is 12.1 Å². The van der Waals surface area contributed by atoms with E-state index in [0.29, 0.717) is 0 Å². The van der Waals surface area contributed by atoms with Gasteiger partial charge in [0.2, 0.25) is 0 Å². The second kappa shape index (κ2) is 7.51. The Bertz CT molecular complexity index is 349. The molecule has 1 aromatic rings. The largest absolute Gasteiger partial charge is 0.378 e. The van der Waals surface area contributed by atoms with Crippen LogP contribution in [0.5, 0.6) is 0 Å². The third kappa shape index (κ3) is 7.19. The van der Waals surface area contributed by atoms with E-state index in [1.54, 1.807) is 0 Å². The molecular formula is C16H29N3. The standard InChI is InChI=1S/C16H29N3/c1-16(2,3)18-12-6-11-17-13-14-7-9-15(10-8-14)19(4)5/h7-10,17-18H,6,11-13H2,1-5H3. The average molecular weight is 263 g/mol. The molecule has 2 N–H and O–H groups in total. The molecule has 0 aliphatic rings. The Labute approximate surface area is 118 Å². The smallest absolute Gasteiger partial charge is 0.0361 e. The molecule has 3 heteroatoms. The van der Waals surface area contributed by atoms with Gasteiger partial charge in [-0.2, -0.15) is 0 Å². The molecule has 19 heavy (non-hydrogen) atoms. The van der Waals surface area contributed by atoms with Crippen molar-refractivity contribution in [3.63, 3.8) is 0 Å². The predicted octanol–water partition coefficient (Wildman–Crippen LogP) is 2.62. The normalized spacial score (nSPS) is 11.6. The molecular weight excluding hydrogens is 234 g/mol. The van der Waals surface area contributed by atoms with Crippen molar-refractivity contribution >= 4 is 5.69 Å². The maximum Gasteiger partial charge on any atom is 0.0361 e. The summed E-state index contributed by atoms with van der Waals surface area (Å²) in [6.07, 6.45) is 1.16. The van der Waals surface area contributed by atoms with Gasteiger partial charge in [0, 0.05) is 31.9 Å². The number of benzene rings is 1. The number of hydrogen-bond donors (Lipinski definition) is 2. The molecule has 0 saturated heterocycles. The molecule has 108 valence electrons. The molecule has 0 atom stereocenters. The lowest BCUT2D eigenvalue weighted by molar-refractivity contribution is 0.418. The van der Waals surface area contributed by atoms with E-state index in [9.17, 15) is 0 Å². The van der Waals surface area contributed by atoms with Crippen LogP contribution < -0.4 is 15.5 Å². The lowest BCUT2D eigenvalue weighted by Crippen LogP contribution is -2.37. The van der Waals surface area contributed by atoms with Crippen LogP contribution in [-0.4, -0.2) is 32.7 Å². The third-order valence-electron chi connectivity index (χ3n) is 2.97. The minimum Gasteiger partial charge on any atom is -0.378 e. The van der Waals surface area contributed by atoms with Crippen LogP contribution in [0.3, 0.4) is 0 Å². The van der Waals surface area contributed by atoms with Crippen LogP contribution in [-0.2, 0) is 6.54 Å². The molecule has 1 aromatic carbocycles. The Morgan fingerprint density at radius 1 is 1.00 bits per heavy atom. The average Bonchev–Trinajstić information content (AvgIpc) is 2.33. The van der Waals surface area contributed by atoms with Crippen LogP contribution in [0, 0.1) is 0 Å². The summed E-state index contributed by atoms with van der Waals surface area (Å²) >= 11 is 0. The van der Waals surface area contributed by atoms with Crippen LogP contribution >= 0.6 is 0 Å². The van der Waals surface area contributed by atoms with E-state index in [1.165, 1.54) is 11.3 Å². The highest BCUT2D eigenvalue weighted by Gasteiger charge is 2.06. The Balaban J connectivity index is 2.16. The summed E-state index contributed by atoms with van der Waals surface area (Å²) in [5.41, 5.74) is 2.81. The van der Waals surface area contributed by atoms with Gasteiger partial charge in [0.1, 0.15) is 0 Å². The van der Waals surface area contributed by atoms with Gasteiger partial charge in [-0.05, 0) is 58.0 Å². The lowest BCUT2D eigenvalue weighted by atomic mass is 10.1. The molecule has 0 heterocycles. The molecule has 0 radical (unpaired) electrons. The van der Waals surface area contributed by atoms with Gasteiger partial charge < -0.3 is 15.5 Å². The summed E-state index contributed by atoms with van der Waals surface area (Å²) < 4.78 is 0. The first-order chi connectivity index (χ1) is 8.88. The number of nitrogens with one attached hydrogen (secondary N) is 2. The molecule has 1 rings (SSSR count). The molecule has 0 aliphatic carbocycles. The third-order valence-corrected chi connectivity index (χ3v) is 2.97.